The third-order valence-electron chi connectivity index (χ3n) is 2.96. The minimum absolute atomic E-state index is 0.706. The summed E-state index contributed by atoms with van der Waals surface area (Å²) in [5.74, 6) is 0.919. The summed E-state index contributed by atoms with van der Waals surface area (Å²) >= 11 is 0. The summed E-state index contributed by atoms with van der Waals surface area (Å²) in [6.45, 7) is 6.83. The highest BCUT2D eigenvalue weighted by Gasteiger charge is 1.98. The maximum atomic E-state index is 5.42. The second kappa shape index (κ2) is 6.88. The molecule has 0 unspecified atom stereocenters. The lowest BCUT2D eigenvalue weighted by molar-refractivity contribution is 0.340. The smallest absolute Gasteiger partial charge is 0.119 e. The van der Waals surface area contributed by atoms with Gasteiger partial charge in [-0.1, -0.05) is 6.92 Å². The van der Waals surface area contributed by atoms with Gasteiger partial charge in [0.15, 0.2) is 0 Å². The van der Waals surface area contributed by atoms with E-state index in [9.17, 15) is 0 Å². The minimum atomic E-state index is 0.706. The highest BCUT2D eigenvalue weighted by molar-refractivity contribution is 5.46. The zero-order chi connectivity index (χ0) is 13.5. The summed E-state index contributed by atoms with van der Waals surface area (Å²) in [4.78, 5) is 0. The van der Waals surface area contributed by atoms with Gasteiger partial charge in [0.25, 0.3) is 0 Å². The third kappa shape index (κ3) is 4.05. The largest absolute Gasteiger partial charge is 0.494 e. The van der Waals surface area contributed by atoms with Crippen molar-refractivity contribution in [3.63, 3.8) is 0 Å². The summed E-state index contributed by atoms with van der Waals surface area (Å²) in [5.41, 5.74) is 2.43. The van der Waals surface area contributed by atoms with Crippen molar-refractivity contribution in [1.82, 2.24) is 4.57 Å². The normalized spacial score (nSPS) is 10.4. The van der Waals surface area contributed by atoms with Crippen LogP contribution in [0.15, 0.2) is 42.7 Å². The van der Waals surface area contributed by atoms with Crippen LogP contribution in [-0.4, -0.2) is 11.2 Å². The molecule has 2 aromatic rings. The van der Waals surface area contributed by atoms with Crippen molar-refractivity contribution >= 4 is 5.69 Å². The summed E-state index contributed by atoms with van der Waals surface area (Å²) in [6.07, 6.45) is 5.50. The Hall–Kier alpha value is -1.90. The van der Waals surface area contributed by atoms with Crippen LogP contribution in [0.3, 0.4) is 0 Å². The Morgan fingerprint density at radius 3 is 2.58 bits per heavy atom. The van der Waals surface area contributed by atoms with Gasteiger partial charge >= 0.3 is 0 Å². The molecule has 0 spiro atoms. The summed E-state index contributed by atoms with van der Waals surface area (Å²) < 4.78 is 7.65. The highest BCUT2D eigenvalue weighted by atomic mass is 16.5. The van der Waals surface area contributed by atoms with Crippen LogP contribution in [0.1, 0.15) is 25.8 Å². The van der Waals surface area contributed by atoms with Gasteiger partial charge in [0.05, 0.1) is 6.61 Å². The molecular weight excluding hydrogens is 236 g/mol. The van der Waals surface area contributed by atoms with Gasteiger partial charge in [0, 0.05) is 31.2 Å². The maximum absolute atomic E-state index is 5.42. The van der Waals surface area contributed by atoms with Crippen molar-refractivity contribution in [3.05, 3.63) is 48.3 Å². The van der Waals surface area contributed by atoms with Crippen molar-refractivity contribution in [2.24, 2.45) is 0 Å². The van der Waals surface area contributed by atoms with E-state index in [1.54, 1.807) is 0 Å². The lowest BCUT2D eigenvalue weighted by Crippen LogP contribution is -1.99. The van der Waals surface area contributed by atoms with Crippen LogP contribution in [0.2, 0.25) is 0 Å². The van der Waals surface area contributed by atoms with Crippen molar-refractivity contribution in [2.75, 3.05) is 11.9 Å². The van der Waals surface area contributed by atoms with E-state index in [0.717, 1.165) is 24.5 Å². The Labute approximate surface area is 115 Å². The molecule has 1 heterocycles. The number of hydrogen-bond acceptors (Lipinski definition) is 2. The molecule has 3 heteroatoms. The van der Waals surface area contributed by atoms with Crippen molar-refractivity contribution < 1.29 is 4.74 Å². The SMILES string of the molecule is CCCn1ccc(CNc2ccc(OCC)cc2)c1. The average Bonchev–Trinajstić information content (AvgIpc) is 2.87. The van der Waals surface area contributed by atoms with Gasteiger partial charge in [0.1, 0.15) is 5.75 Å². The Morgan fingerprint density at radius 2 is 1.89 bits per heavy atom. The van der Waals surface area contributed by atoms with Crippen LogP contribution in [0.4, 0.5) is 5.69 Å². The average molecular weight is 258 g/mol. The summed E-state index contributed by atoms with van der Waals surface area (Å²) in [6, 6.07) is 10.3. The number of rotatable bonds is 7. The van der Waals surface area contributed by atoms with Crippen LogP contribution in [0.25, 0.3) is 0 Å². The predicted molar refractivity (Wildman–Crippen MR) is 79.7 cm³/mol. The van der Waals surface area contributed by atoms with Gasteiger partial charge in [0.2, 0.25) is 0 Å². The van der Waals surface area contributed by atoms with E-state index in [4.69, 9.17) is 4.74 Å². The van der Waals surface area contributed by atoms with Crippen LogP contribution < -0.4 is 10.1 Å². The van der Waals surface area contributed by atoms with Crippen molar-refractivity contribution in [1.29, 1.82) is 0 Å². The molecule has 0 saturated carbocycles. The number of ether oxygens (including phenoxy) is 1. The minimum Gasteiger partial charge on any atom is -0.494 e. The number of benzene rings is 1. The van der Waals surface area contributed by atoms with Crippen LogP contribution in [0.5, 0.6) is 5.75 Å². The lowest BCUT2D eigenvalue weighted by atomic mass is 10.3. The number of aryl methyl sites for hydroxylation is 1. The first kappa shape index (κ1) is 13.5. The van der Waals surface area contributed by atoms with E-state index in [1.165, 1.54) is 12.0 Å². The number of aromatic nitrogens is 1. The number of nitrogens with zero attached hydrogens (tertiary/aromatic N) is 1. The van der Waals surface area contributed by atoms with E-state index in [1.807, 2.05) is 31.2 Å². The number of nitrogens with one attached hydrogen (secondary N) is 1. The second-order valence-corrected chi connectivity index (χ2v) is 4.57. The summed E-state index contributed by atoms with van der Waals surface area (Å²) in [5, 5.41) is 3.42. The molecular formula is C16H22N2O. The van der Waals surface area contributed by atoms with E-state index in [-0.39, 0.29) is 0 Å². The topological polar surface area (TPSA) is 26.2 Å². The molecule has 3 nitrogen and oxygen atoms in total. The molecule has 0 saturated heterocycles. The van der Waals surface area contributed by atoms with Gasteiger partial charge in [-0.2, -0.15) is 0 Å². The first-order chi connectivity index (χ1) is 9.31. The fourth-order valence-electron chi connectivity index (χ4n) is 2.03. The molecule has 0 aliphatic rings. The number of anilines is 1. The van der Waals surface area contributed by atoms with Crippen molar-refractivity contribution in [3.8, 4) is 5.75 Å². The molecule has 1 aromatic carbocycles. The fraction of sp³-hybridized carbons (Fsp3) is 0.375. The Kier molecular flexibility index (Phi) is 4.90. The maximum Gasteiger partial charge on any atom is 0.119 e. The van der Waals surface area contributed by atoms with Crippen LogP contribution in [-0.2, 0) is 13.1 Å². The molecule has 0 aliphatic heterocycles. The Morgan fingerprint density at radius 1 is 1.11 bits per heavy atom. The molecule has 0 amide bonds. The lowest BCUT2D eigenvalue weighted by Gasteiger charge is -2.07. The molecule has 0 radical (unpaired) electrons. The van der Waals surface area contributed by atoms with Gasteiger partial charge in [-0.25, -0.2) is 0 Å². The molecule has 0 aliphatic carbocycles. The van der Waals surface area contributed by atoms with E-state index < -0.39 is 0 Å². The monoisotopic (exact) mass is 258 g/mol. The zero-order valence-corrected chi connectivity index (χ0v) is 11.7. The highest BCUT2D eigenvalue weighted by Crippen LogP contribution is 2.16. The summed E-state index contributed by atoms with van der Waals surface area (Å²) in [7, 11) is 0. The van der Waals surface area contributed by atoms with Gasteiger partial charge in [-0.05, 0) is 49.2 Å². The predicted octanol–water partition coefficient (Wildman–Crippen LogP) is 3.91. The fourth-order valence-corrected chi connectivity index (χ4v) is 2.03. The first-order valence-electron chi connectivity index (χ1n) is 6.93. The molecule has 1 aromatic heterocycles. The molecule has 0 bridgehead atoms. The van der Waals surface area contributed by atoms with E-state index >= 15 is 0 Å². The molecule has 1 N–H and O–H groups in total. The second-order valence-electron chi connectivity index (χ2n) is 4.57. The zero-order valence-electron chi connectivity index (χ0n) is 11.7. The molecule has 0 fully saturated rings. The van der Waals surface area contributed by atoms with Crippen LogP contribution >= 0.6 is 0 Å². The number of hydrogen-bond donors (Lipinski definition) is 1. The third-order valence-corrected chi connectivity index (χ3v) is 2.96. The molecule has 102 valence electrons. The molecule has 19 heavy (non-hydrogen) atoms. The first-order valence-corrected chi connectivity index (χ1v) is 6.93. The van der Waals surface area contributed by atoms with Gasteiger partial charge in [-0.15, -0.1) is 0 Å². The Balaban J connectivity index is 1.86. The molecule has 0 atom stereocenters. The standard InChI is InChI=1S/C16H22N2O/c1-3-10-18-11-9-14(13-18)12-17-15-5-7-16(8-6-15)19-4-2/h5-9,11,13,17H,3-4,10,12H2,1-2H3. The van der Waals surface area contributed by atoms with Gasteiger partial charge in [-0.3, -0.25) is 0 Å². The van der Waals surface area contributed by atoms with Gasteiger partial charge < -0.3 is 14.6 Å². The molecule has 2 rings (SSSR count). The van der Waals surface area contributed by atoms with E-state index in [0.29, 0.717) is 6.61 Å². The Bertz CT molecular complexity index is 488. The quantitative estimate of drug-likeness (QED) is 0.815. The van der Waals surface area contributed by atoms with E-state index in [2.05, 4.69) is 35.3 Å². The van der Waals surface area contributed by atoms with Crippen molar-refractivity contribution in [2.45, 2.75) is 33.4 Å². The van der Waals surface area contributed by atoms with Crippen LogP contribution in [0, 0.1) is 0 Å².